The van der Waals surface area contributed by atoms with Crippen molar-refractivity contribution >= 4 is 23.4 Å². The van der Waals surface area contributed by atoms with E-state index in [4.69, 9.17) is 9.72 Å². The first-order valence-electron chi connectivity index (χ1n) is 11.8. The Morgan fingerprint density at radius 1 is 1.03 bits per heavy atom. The van der Waals surface area contributed by atoms with Gasteiger partial charge < -0.3 is 10.1 Å². The number of nitrogens with one attached hydrogen (secondary N) is 1. The van der Waals surface area contributed by atoms with Crippen molar-refractivity contribution in [1.82, 2.24) is 4.98 Å². The number of thioether (sulfide) groups is 1. The number of nitrogens with zero attached hydrogens (tertiary/aromatic N) is 2. The SMILES string of the molecule is CCOc1ccc(-c2cc(-c3ccccc3)c(C#N)c(S[C@@H](C)C(=O)Nc3ccccc3C)n2)cc1. The predicted octanol–water partition coefficient (Wildman–Crippen LogP) is 7.11. The molecular formula is C30H27N3O2S. The zero-order valence-corrected chi connectivity index (χ0v) is 21.3. The molecule has 1 amide bonds. The Balaban J connectivity index is 1.72. The number of carbonyl (C=O) groups excluding carboxylic acids is 1. The van der Waals surface area contributed by atoms with Gasteiger partial charge in [-0.1, -0.05) is 60.3 Å². The quantitative estimate of drug-likeness (QED) is 0.265. The third-order valence-electron chi connectivity index (χ3n) is 5.70. The monoisotopic (exact) mass is 493 g/mol. The van der Waals surface area contributed by atoms with E-state index in [0.717, 1.165) is 39.4 Å². The molecule has 0 bridgehead atoms. The van der Waals surface area contributed by atoms with Crippen molar-refractivity contribution < 1.29 is 9.53 Å². The van der Waals surface area contributed by atoms with E-state index >= 15 is 0 Å². The van der Waals surface area contributed by atoms with Crippen molar-refractivity contribution in [2.24, 2.45) is 0 Å². The van der Waals surface area contributed by atoms with Gasteiger partial charge in [0.2, 0.25) is 5.91 Å². The van der Waals surface area contributed by atoms with Crippen molar-refractivity contribution in [2.75, 3.05) is 11.9 Å². The number of amides is 1. The number of hydrogen-bond acceptors (Lipinski definition) is 5. The summed E-state index contributed by atoms with van der Waals surface area (Å²) in [6.45, 7) is 6.32. The topological polar surface area (TPSA) is 75.0 Å². The van der Waals surface area contributed by atoms with Gasteiger partial charge in [0.05, 0.1) is 23.1 Å². The molecule has 36 heavy (non-hydrogen) atoms. The number of anilines is 1. The molecule has 0 aliphatic heterocycles. The molecule has 1 heterocycles. The van der Waals surface area contributed by atoms with Crippen LogP contribution >= 0.6 is 11.8 Å². The maximum atomic E-state index is 13.0. The average Bonchev–Trinajstić information content (AvgIpc) is 2.90. The normalized spacial score (nSPS) is 11.4. The summed E-state index contributed by atoms with van der Waals surface area (Å²) in [6, 6.07) is 29.4. The maximum Gasteiger partial charge on any atom is 0.237 e. The first-order valence-corrected chi connectivity index (χ1v) is 12.6. The minimum atomic E-state index is -0.469. The zero-order chi connectivity index (χ0) is 25.5. The molecule has 0 aliphatic carbocycles. The van der Waals surface area contributed by atoms with Gasteiger partial charge in [-0.3, -0.25) is 4.79 Å². The molecule has 1 N–H and O–H groups in total. The highest BCUT2D eigenvalue weighted by Gasteiger charge is 2.22. The van der Waals surface area contributed by atoms with Crippen LogP contribution < -0.4 is 10.1 Å². The summed E-state index contributed by atoms with van der Waals surface area (Å²) in [5.74, 6) is 0.641. The van der Waals surface area contributed by atoms with Crippen LogP contribution in [0.2, 0.25) is 0 Å². The highest BCUT2D eigenvalue weighted by Crippen LogP contribution is 2.36. The molecule has 3 aromatic carbocycles. The van der Waals surface area contributed by atoms with Gasteiger partial charge >= 0.3 is 0 Å². The van der Waals surface area contributed by atoms with Crippen LogP contribution in [0.4, 0.5) is 5.69 Å². The number of pyridine rings is 1. The van der Waals surface area contributed by atoms with Crippen LogP contribution in [0.1, 0.15) is 25.0 Å². The molecule has 4 aromatic rings. The van der Waals surface area contributed by atoms with E-state index in [1.165, 1.54) is 11.8 Å². The summed E-state index contributed by atoms with van der Waals surface area (Å²) in [5, 5.41) is 13.2. The Kier molecular flexibility index (Phi) is 8.04. The van der Waals surface area contributed by atoms with Gasteiger partial charge in [-0.2, -0.15) is 5.26 Å². The summed E-state index contributed by atoms with van der Waals surface area (Å²) in [7, 11) is 0. The third-order valence-corrected chi connectivity index (χ3v) is 6.79. The van der Waals surface area contributed by atoms with Crippen molar-refractivity contribution in [2.45, 2.75) is 31.0 Å². The van der Waals surface area contributed by atoms with Crippen LogP contribution in [0.3, 0.4) is 0 Å². The lowest BCUT2D eigenvalue weighted by molar-refractivity contribution is -0.115. The Morgan fingerprint density at radius 3 is 2.39 bits per heavy atom. The molecule has 0 aliphatic rings. The summed E-state index contributed by atoms with van der Waals surface area (Å²) in [6.07, 6.45) is 0. The lowest BCUT2D eigenvalue weighted by atomic mass is 9.99. The van der Waals surface area contributed by atoms with Crippen LogP contribution in [-0.2, 0) is 4.79 Å². The van der Waals surface area contributed by atoms with E-state index in [0.29, 0.717) is 17.2 Å². The molecule has 0 unspecified atom stereocenters. The van der Waals surface area contributed by atoms with Gasteiger partial charge in [0.15, 0.2) is 0 Å². The molecule has 1 atom stereocenters. The van der Waals surface area contributed by atoms with Crippen molar-refractivity contribution in [1.29, 1.82) is 5.26 Å². The second-order valence-corrected chi connectivity index (χ2v) is 9.56. The van der Waals surface area contributed by atoms with Crippen molar-refractivity contribution in [3.05, 3.63) is 96.1 Å². The van der Waals surface area contributed by atoms with Gasteiger partial charge in [0.25, 0.3) is 0 Å². The minimum Gasteiger partial charge on any atom is -0.494 e. The van der Waals surface area contributed by atoms with Crippen LogP contribution in [0.5, 0.6) is 5.75 Å². The van der Waals surface area contributed by atoms with Crippen LogP contribution in [0.15, 0.2) is 90.0 Å². The Bertz CT molecular complexity index is 1400. The number of rotatable bonds is 8. The first kappa shape index (κ1) is 25.0. The molecule has 0 spiro atoms. The van der Waals surface area contributed by atoms with E-state index < -0.39 is 5.25 Å². The van der Waals surface area contributed by atoms with Gasteiger partial charge in [-0.25, -0.2) is 4.98 Å². The summed E-state index contributed by atoms with van der Waals surface area (Å²) in [4.78, 5) is 17.9. The Hall–Kier alpha value is -4.08. The number of aryl methyl sites for hydroxylation is 1. The number of benzene rings is 3. The molecule has 0 fully saturated rings. The zero-order valence-electron chi connectivity index (χ0n) is 20.5. The molecule has 0 saturated heterocycles. The molecule has 4 rings (SSSR count). The van der Waals surface area contributed by atoms with Crippen LogP contribution in [-0.4, -0.2) is 22.7 Å². The van der Waals surface area contributed by atoms with Crippen molar-refractivity contribution in [3.63, 3.8) is 0 Å². The summed E-state index contributed by atoms with van der Waals surface area (Å²) >= 11 is 1.29. The number of nitriles is 1. The predicted molar refractivity (Wildman–Crippen MR) is 146 cm³/mol. The molecule has 5 nitrogen and oxygen atoms in total. The lowest BCUT2D eigenvalue weighted by Gasteiger charge is -2.16. The number of para-hydroxylation sites is 1. The second-order valence-electron chi connectivity index (χ2n) is 8.23. The van der Waals surface area contributed by atoms with Gasteiger partial charge in [0.1, 0.15) is 16.8 Å². The van der Waals surface area contributed by atoms with E-state index in [1.54, 1.807) is 0 Å². The molecule has 6 heteroatoms. The van der Waals surface area contributed by atoms with Gasteiger partial charge in [-0.05, 0) is 68.3 Å². The smallest absolute Gasteiger partial charge is 0.237 e. The molecular weight excluding hydrogens is 466 g/mol. The number of carbonyl (C=O) groups is 1. The fourth-order valence-electron chi connectivity index (χ4n) is 3.77. The first-order chi connectivity index (χ1) is 17.5. The third kappa shape index (κ3) is 5.76. The maximum absolute atomic E-state index is 13.0. The van der Waals surface area contributed by atoms with E-state index in [9.17, 15) is 10.1 Å². The van der Waals surface area contributed by atoms with Gasteiger partial charge in [0, 0.05) is 16.8 Å². The van der Waals surface area contributed by atoms with Crippen LogP contribution in [0, 0.1) is 18.3 Å². The average molecular weight is 494 g/mol. The fourth-order valence-corrected chi connectivity index (χ4v) is 4.69. The highest BCUT2D eigenvalue weighted by atomic mass is 32.2. The standard InChI is InChI=1S/C30H27N3O2S/c1-4-35-24-16-14-23(15-17-24)28-18-25(22-11-6-5-7-12-22)26(19-31)30(33-28)36-21(3)29(34)32-27-13-9-8-10-20(27)2/h5-18,21H,4H2,1-3H3,(H,32,34)/t21-/m0/s1. The fraction of sp³-hybridized carbons (Fsp3) is 0.167. The van der Waals surface area contributed by atoms with Crippen molar-refractivity contribution in [3.8, 4) is 34.2 Å². The van der Waals surface area contributed by atoms with E-state index in [-0.39, 0.29) is 5.91 Å². The van der Waals surface area contributed by atoms with E-state index in [1.807, 2.05) is 106 Å². The molecule has 0 radical (unpaired) electrons. The summed E-state index contributed by atoms with van der Waals surface area (Å²) in [5.41, 5.74) is 5.55. The molecule has 180 valence electrons. The molecule has 0 saturated carbocycles. The molecule has 1 aromatic heterocycles. The lowest BCUT2D eigenvalue weighted by Crippen LogP contribution is -2.23. The Morgan fingerprint density at radius 2 is 1.72 bits per heavy atom. The highest BCUT2D eigenvalue weighted by molar-refractivity contribution is 8.00. The Labute approximate surface area is 216 Å². The van der Waals surface area contributed by atoms with Gasteiger partial charge in [-0.15, -0.1) is 0 Å². The number of hydrogen-bond donors (Lipinski definition) is 1. The van der Waals surface area contributed by atoms with Crippen LogP contribution in [0.25, 0.3) is 22.4 Å². The van der Waals surface area contributed by atoms with E-state index in [2.05, 4.69) is 11.4 Å². The number of ether oxygens (including phenoxy) is 1. The minimum absolute atomic E-state index is 0.146. The largest absolute Gasteiger partial charge is 0.494 e. The summed E-state index contributed by atoms with van der Waals surface area (Å²) < 4.78 is 5.57. The second kappa shape index (κ2) is 11.6. The number of aromatic nitrogens is 1.